The summed E-state index contributed by atoms with van der Waals surface area (Å²) in [4.78, 5) is 19.9. The zero-order chi connectivity index (χ0) is 15.5. The number of aryl methyl sites for hydroxylation is 1. The number of carboxylic acids is 1. The number of thiophene rings is 1. The number of nitrogens with zero attached hydrogens (tertiary/aromatic N) is 2. The van der Waals surface area contributed by atoms with Crippen molar-refractivity contribution in [3.05, 3.63) is 38.0 Å². The van der Waals surface area contributed by atoms with Crippen molar-refractivity contribution in [3.63, 3.8) is 0 Å². The molecule has 3 heterocycles. The summed E-state index contributed by atoms with van der Waals surface area (Å²) in [6.45, 7) is 5.09. The predicted molar refractivity (Wildman–Crippen MR) is 89.8 cm³/mol. The topological polar surface area (TPSA) is 53.4 Å². The quantitative estimate of drug-likeness (QED) is 0.905. The normalized spacial score (nSPS) is 17.0. The van der Waals surface area contributed by atoms with Gasteiger partial charge in [-0.05, 0) is 50.2 Å². The third kappa shape index (κ3) is 3.74. The molecule has 0 unspecified atom stereocenters. The maximum absolute atomic E-state index is 11.1. The van der Waals surface area contributed by atoms with Crippen LogP contribution in [0.4, 0.5) is 0 Å². The van der Waals surface area contributed by atoms with E-state index >= 15 is 0 Å². The van der Waals surface area contributed by atoms with E-state index in [1.807, 2.05) is 11.3 Å². The number of likely N-dealkylation sites (tertiary alicyclic amines) is 1. The molecular formula is C16H20N2O2S2. The molecular weight excluding hydrogens is 316 g/mol. The highest BCUT2D eigenvalue weighted by Gasteiger charge is 2.22. The van der Waals surface area contributed by atoms with Gasteiger partial charge in [0.2, 0.25) is 0 Å². The van der Waals surface area contributed by atoms with Gasteiger partial charge >= 0.3 is 5.97 Å². The molecule has 118 valence electrons. The Kier molecular flexibility index (Phi) is 4.90. The summed E-state index contributed by atoms with van der Waals surface area (Å²) in [5.74, 6) is -0.223. The maximum Gasteiger partial charge on any atom is 0.347 e. The summed E-state index contributed by atoms with van der Waals surface area (Å²) >= 11 is 3.16. The van der Waals surface area contributed by atoms with Crippen molar-refractivity contribution in [2.45, 2.75) is 32.7 Å². The lowest BCUT2D eigenvalue weighted by molar-refractivity contribution is 0.0701. The number of carbonyl (C=O) groups is 1. The van der Waals surface area contributed by atoms with Crippen LogP contribution in [0, 0.1) is 12.8 Å². The van der Waals surface area contributed by atoms with Crippen molar-refractivity contribution < 1.29 is 9.90 Å². The van der Waals surface area contributed by atoms with Gasteiger partial charge in [-0.25, -0.2) is 9.78 Å². The van der Waals surface area contributed by atoms with Crippen LogP contribution in [0.1, 0.15) is 38.1 Å². The molecule has 0 amide bonds. The maximum atomic E-state index is 11.1. The first-order chi connectivity index (χ1) is 10.6. The Morgan fingerprint density at radius 2 is 2.23 bits per heavy atom. The van der Waals surface area contributed by atoms with E-state index in [2.05, 4.69) is 27.4 Å². The number of carboxylic acid groups (broad SMARTS) is 1. The molecule has 1 fully saturated rings. The lowest BCUT2D eigenvalue weighted by atomic mass is 9.94. The van der Waals surface area contributed by atoms with Gasteiger partial charge in [0.25, 0.3) is 0 Å². The van der Waals surface area contributed by atoms with Crippen LogP contribution in [0.5, 0.6) is 0 Å². The Bertz CT molecular complexity index is 629. The number of thiazole rings is 1. The summed E-state index contributed by atoms with van der Waals surface area (Å²) in [7, 11) is 0. The SMILES string of the molecule is Cc1nc(CC2CCN(Cc3cccs3)CC2)sc1C(=O)O. The Labute approximate surface area is 138 Å². The molecule has 0 saturated carbocycles. The second-order valence-electron chi connectivity index (χ2n) is 5.83. The van der Waals surface area contributed by atoms with Crippen LogP contribution in [0.2, 0.25) is 0 Å². The highest BCUT2D eigenvalue weighted by molar-refractivity contribution is 7.13. The molecule has 2 aromatic heterocycles. The van der Waals surface area contributed by atoms with Gasteiger partial charge in [0, 0.05) is 17.8 Å². The third-order valence-electron chi connectivity index (χ3n) is 4.17. The fraction of sp³-hybridized carbons (Fsp3) is 0.500. The van der Waals surface area contributed by atoms with Crippen LogP contribution in [0.3, 0.4) is 0 Å². The van der Waals surface area contributed by atoms with Gasteiger partial charge in [0.1, 0.15) is 4.88 Å². The molecule has 3 rings (SSSR count). The smallest absolute Gasteiger partial charge is 0.347 e. The molecule has 0 spiro atoms. The summed E-state index contributed by atoms with van der Waals surface area (Å²) < 4.78 is 0. The third-order valence-corrected chi connectivity index (χ3v) is 6.19. The predicted octanol–water partition coefficient (Wildman–Crippen LogP) is 3.67. The molecule has 1 aliphatic heterocycles. The Morgan fingerprint density at radius 3 is 2.82 bits per heavy atom. The summed E-state index contributed by atoms with van der Waals surface area (Å²) in [5.41, 5.74) is 0.655. The van der Waals surface area contributed by atoms with Crippen molar-refractivity contribution in [1.29, 1.82) is 0 Å². The molecule has 22 heavy (non-hydrogen) atoms. The Hall–Kier alpha value is -1.24. The van der Waals surface area contributed by atoms with Gasteiger partial charge < -0.3 is 5.11 Å². The fourth-order valence-electron chi connectivity index (χ4n) is 2.96. The fourth-order valence-corrected chi connectivity index (χ4v) is 4.72. The summed E-state index contributed by atoms with van der Waals surface area (Å²) in [6.07, 6.45) is 3.27. The monoisotopic (exact) mass is 336 g/mol. The molecule has 0 aliphatic carbocycles. The molecule has 2 aromatic rings. The van der Waals surface area contributed by atoms with Gasteiger partial charge in [0.05, 0.1) is 10.7 Å². The zero-order valence-corrected chi connectivity index (χ0v) is 14.3. The number of piperidine rings is 1. The standard InChI is InChI=1S/C16H20N2O2S2/c1-11-15(16(19)20)22-14(17-11)9-12-4-6-18(7-5-12)10-13-3-2-8-21-13/h2-3,8,12H,4-7,9-10H2,1H3,(H,19,20). The highest BCUT2D eigenvalue weighted by Crippen LogP contribution is 2.27. The molecule has 1 saturated heterocycles. The molecule has 1 N–H and O–H groups in total. The van der Waals surface area contributed by atoms with E-state index < -0.39 is 5.97 Å². The Balaban J connectivity index is 1.51. The second kappa shape index (κ2) is 6.89. The largest absolute Gasteiger partial charge is 0.477 e. The first-order valence-corrected chi connectivity index (χ1v) is 9.26. The molecule has 4 nitrogen and oxygen atoms in total. The van der Waals surface area contributed by atoms with Crippen molar-refractivity contribution in [2.75, 3.05) is 13.1 Å². The van der Waals surface area contributed by atoms with Crippen molar-refractivity contribution in [3.8, 4) is 0 Å². The zero-order valence-electron chi connectivity index (χ0n) is 12.6. The first-order valence-electron chi connectivity index (χ1n) is 7.56. The van der Waals surface area contributed by atoms with Gasteiger partial charge in [-0.3, -0.25) is 4.90 Å². The van der Waals surface area contributed by atoms with Gasteiger partial charge in [-0.2, -0.15) is 0 Å². The number of hydrogen-bond acceptors (Lipinski definition) is 5. The average Bonchev–Trinajstić information content (AvgIpc) is 3.11. The van der Waals surface area contributed by atoms with E-state index in [0.717, 1.165) is 31.1 Å². The van der Waals surface area contributed by atoms with Crippen molar-refractivity contribution in [1.82, 2.24) is 9.88 Å². The average molecular weight is 336 g/mol. The summed E-state index contributed by atoms with van der Waals surface area (Å²) in [5, 5.41) is 12.2. The minimum Gasteiger partial charge on any atom is -0.477 e. The van der Waals surface area contributed by atoms with Gasteiger partial charge in [-0.15, -0.1) is 22.7 Å². The summed E-state index contributed by atoms with van der Waals surface area (Å²) in [6, 6.07) is 4.31. The van der Waals surface area contributed by atoms with Crippen LogP contribution in [0.25, 0.3) is 0 Å². The van der Waals surface area contributed by atoms with Crippen LogP contribution in [0.15, 0.2) is 17.5 Å². The van der Waals surface area contributed by atoms with E-state index in [9.17, 15) is 4.79 Å². The van der Waals surface area contributed by atoms with E-state index in [-0.39, 0.29) is 0 Å². The molecule has 6 heteroatoms. The first kappa shape index (κ1) is 15.6. The minimum atomic E-state index is -0.855. The van der Waals surface area contributed by atoms with Crippen molar-refractivity contribution >= 4 is 28.6 Å². The number of aromatic nitrogens is 1. The van der Waals surface area contributed by atoms with Crippen LogP contribution in [-0.4, -0.2) is 34.0 Å². The highest BCUT2D eigenvalue weighted by atomic mass is 32.1. The van der Waals surface area contributed by atoms with Gasteiger partial charge in [0.15, 0.2) is 0 Å². The molecule has 0 bridgehead atoms. The van der Waals surface area contributed by atoms with E-state index in [4.69, 9.17) is 5.11 Å². The van der Waals surface area contributed by atoms with E-state index in [1.165, 1.54) is 29.1 Å². The van der Waals surface area contributed by atoms with Crippen LogP contribution >= 0.6 is 22.7 Å². The second-order valence-corrected chi connectivity index (χ2v) is 7.95. The number of rotatable bonds is 5. The molecule has 0 aromatic carbocycles. The lowest BCUT2D eigenvalue weighted by Gasteiger charge is -2.31. The van der Waals surface area contributed by atoms with Crippen LogP contribution < -0.4 is 0 Å². The van der Waals surface area contributed by atoms with E-state index in [1.54, 1.807) is 6.92 Å². The Morgan fingerprint density at radius 1 is 1.45 bits per heavy atom. The van der Waals surface area contributed by atoms with Gasteiger partial charge in [-0.1, -0.05) is 6.07 Å². The van der Waals surface area contributed by atoms with E-state index in [0.29, 0.717) is 16.5 Å². The lowest BCUT2D eigenvalue weighted by Crippen LogP contribution is -2.33. The number of aromatic carboxylic acids is 1. The number of hydrogen-bond donors (Lipinski definition) is 1. The molecule has 0 radical (unpaired) electrons. The minimum absolute atomic E-state index is 0.394. The van der Waals surface area contributed by atoms with Crippen LogP contribution in [-0.2, 0) is 13.0 Å². The molecule has 1 aliphatic rings. The molecule has 0 atom stereocenters. The van der Waals surface area contributed by atoms with Crippen molar-refractivity contribution in [2.24, 2.45) is 5.92 Å².